The zero-order valence-corrected chi connectivity index (χ0v) is 16.3. The SMILES string of the molecule is COC(=O)C1=C(C)NC2=C(C(=O)c3ccccc32)C1c1ccc(OC)c(C)c1. The van der Waals surface area contributed by atoms with E-state index >= 15 is 0 Å². The maximum Gasteiger partial charge on any atom is 0.336 e. The summed E-state index contributed by atoms with van der Waals surface area (Å²) in [5.41, 5.74) is 5.79. The zero-order valence-electron chi connectivity index (χ0n) is 16.3. The van der Waals surface area contributed by atoms with Crippen LogP contribution in [0.1, 0.15) is 39.9 Å². The van der Waals surface area contributed by atoms with E-state index in [4.69, 9.17) is 9.47 Å². The molecule has 0 amide bonds. The first-order chi connectivity index (χ1) is 13.5. The fourth-order valence-corrected chi connectivity index (χ4v) is 4.12. The monoisotopic (exact) mass is 375 g/mol. The number of nitrogens with one attached hydrogen (secondary N) is 1. The van der Waals surface area contributed by atoms with Crippen molar-refractivity contribution < 1.29 is 19.1 Å². The number of dihydropyridines is 1. The number of ether oxygens (including phenoxy) is 2. The molecule has 1 aliphatic heterocycles. The van der Waals surface area contributed by atoms with Crippen molar-refractivity contribution in [2.45, 2.75) is 19.8 Å². The normalized spacial score (nSPS) is 17.9. The molecule has 1 N–H and O–H groups in total. The fourth-order valence-electron chi connectivity index (χ4n) is 4.12. The number of ketones is 1. The first kappa shape index (κ1) is 18.0. The predicted molar refractivity (Wildman–Crippen MR) is 106 cm³/mol. The Morgan fingerprint density at radius 1 is 1.04 bits per heavy atom. The lowest BCUT2D eigenvalue weighted by atomic mass is 9.79. The Kier molecular flexibility index (Phi) is 4.30. The number of allylic oxidation sites excluding steroid dienone is 2. The van der Waals surface area contributed by atoms with Gasteiger partial charge in [0.2, 0.25) is 0 Å². The number of benzene rings is 2. The van der Waals surface area contributed by atoms with E-state index < -0.39 is 11.9 Å². The van der Waals surface area contributed by atoms with E-state index in [1.54, 1.807) is 7.11 Å². The molecule has 2 aromatic carbocycles. The van der Waals surface area contributed by atoms with Crippen molar-refractivity contribution >= 4 is 17.4 Å². The van der Waals surface area contributed by atoms with Crippen molar-refractivity contribution in [1.29, 1.82) is 0 Å². The van der Waals surface area contributed by atoms with Gasteiger partial charge in [-0.2, -0.15) is 0 Å². The van der Waals surface area contributed by atoms with E-state index in [-0.39, 0.29) is 5.78 Å². The van der Waals surface area contributed by atoms with Crippen LogP contribution in [0.2, 0.25) is 0 Å². The zero-order chi connectivity index (χ0) is 20.0. The summed E-state index contributed by atoms with van der Waals surface area (Å²) in [6, 6.07) is 13.2. The number of hydrogen-bond donors (Lipinski definition) is 1. The lowest BCUT2D eigenvalue weighted by Gasteiger charge is -2.29. The summed E-state index contributed by atoms with van der Waals surface area (Å²) in [4.78, 5) is 25.9. The van der Waals surface area contributed by atoms with Crippen LogP contribution in [0.3, 0.4) is 0 Å². The quantitative estimate of drug-likeness (QED) is 0.828. The molecule has 0 radical (unpaired) electrons. The first-order valence-electron chi connectivity index (χ1n) is 9.06. The molecule has 5 nitrogen and oxygen atoms in total. The van der Waals surface area contributed by atoms with Crippen molar-refractivity contribution in [3.63, 3.8) is 0 Å². The molecule has 1 heterocycles. The standard InChI is InChI=1S/C23H21NO4/c1-12-11-14(9-10-17(12)27-3)19-18(23(26)28-4)13(2)24-21-15-7-5-6-8-16(15)22(25)20(19)21/h5-11,19,24H,1-4H3. The molecule has 0 saturated heterocycles. The second-order valence-electron chi connectivity index (χ2n) is 6.98. The highest BCUT2D eigenvalue weighted by Gasteiger charge is 2.42. The minimum absolute atomic E-state index is 0.0644. The number of aryl methyl sites for hydroxylation is 1. The number of rotatable bonds is 3. The van der Waals surface area contributed by atoms with Gasteiger partial charge in [0.25, 0.3) is 0 Å². The van der Waals surface area contributed by atoms with E-state index in [0.717, 1.165) is 28.1 Å². The second kappa shape index (κ2) is 6.68. The van der Waals surface area contributed by atoms with Crippen molar-refractivity contribution in [2.24, 2.45) is 0 Å². The van der Waals surface area contributed by atoms with E-state index in [9.17, 15) is 9.59 Å². The Labute approximate surface area is 163 Å². The van der Waals surface area contributed by atoms with Gasteiger partial charge in [0, 0.05) is 28.3 Å². The molecule has 0 bridgehead atoms. The lowest BCUT2D eigenvalue weighted by Crippen LogP contribution is -2.29. The Morgan fingerprint density at radius 3 is 2.39 bits per heavy atom. The summed E-state index contributed by atoms with van der Waals surface area (Å²) >= 11 is 0. The Bertz CT molecular complexity index is 1080. The van der Waals surface area contributed by atoms with Gasteiger partial charge in [-0.25, -0.2) is 4.79 Å². The maximum absolute atomic E-state index is 13.3. The molecule has 28 heavy (non-hydrogen) atoms. The first-order valence-corrected chi connectivity index (χ1v) is 9.06. The molecule has 0 aromatic heterocycles. The van der Waals surface area contributed by atoms with Crippen LogP contribution in [0, 0.1) is 6.92 Å². The molecule has 1 unspecified atom stereocenters. The average Bonchev–Trinajstić information content (AvgIpc) is 2.98. The van der Waals surface area contributed by atoms with Gasteiger partial charge < -0.3 is 14.8 Å². The number of hydrogen-bond acceptors (Lipinski definition) is 5. The fraction of sp³-hybridized carbons (Fsp3) is 0.217. The van der Waals surface area contributed by atoms with Gasteiger partial charge in [0.05, 0.1) is 25.5 Å². The van der Waals surface area contributed by atoms with Crippen LogP contribution in [0.4, 0.5) is 0 Å². The smallest absolute Gasteiger partial charge is 0.336 e. The molecular weight excluding hydrogens is 354 g/mol. The molecule has 1 atom stereocenters. The average molecular weight is 375 g/mol. The minimum Gasteiger partial charge on any atom is -0.496 e. The van der Waals surface area contributed by atoms with Crippen LogP contribution in [-0.4, -0.2) is 26.0 Å². The van der Waals surface area contributed by atoms with Crippen LogP contribution in [-0.2, 0) is 9.53 Å². The minimum atomic E-state index is -0.506. The predicted octanol–water partition coefficient (Wildman–Crippen LogP) is 3.75. The number of carbonyl (C=O) groups is 2. The topological polar surface area (TPSA) is 64.6 Å². The van der Waals surface area contributed by atoms with Crippen LogP contribution in [0.25, 0.3) is 5.70 Å². The number of fused-ring (bicyclic) bond motifs is 2. The molecule has 5 heteroatoms. The van der Waals surface area contributed by atoms with Crippen LogP contribution >= 0.6 is 0 Å². The lowest BCUT2D eigenvalue weighted by molar-refractivity contribution is -0.136. The summed E-state index contributed by atoms with van der Waals surface area (Å²) < 4.78 is 10.4. The van der Waals surface area contributed by atoms with Crippen LogP contribution in [0.15, 0.2) is 59.3 Å². The van der Waals surface area contributed by atoms with Crippen molar-refractivity contribution in [1.82, 2.24) is 5.32 Å². The second-order valence-corrected chi connectivity index (χ2v) is 6.98. The van der Waals surface area contributed by atoms with E-state index in [0.29, 0.717) is 22.4 Å². The summed E-state index contributed by atoms with van der Waals surface area (Å²) in [7, 11) is 2.97. The van der Waals surface area contributed by atoms with Gasteiger partial charge in [0.15, 0.2) is 5.78 Å². The van der Waals surface area contributed by atoms with Gasteiger partial charge in [-0.1, -0.05) is 36.4 Å². The van der Waals surface area contributed by atoms with Gasteiger partial charge >= 0.3 is 5.97 Å². The van der Waals surface area contributed by atoms with Gasteiger partial charge in [0.1, 0.15) is 5.75 Å². The van der Waals surface area contributed by atoms with Crippen LogP contribution in [0.5, 0.6) is 5.75 Å². The third kappa shape index (κ3) is 2.54. The highest BCUT2D eigenvalue weighted by atomic mass is 16.5. The third-order valence-electron chi connectivity index (χ3n) is 5.41. The molecule has 4 rings (SSSR count). The van der Waals surface area contributed by atoms with Crippen molar-refractivity contribution in [3.05, 3.63) is 81.6 Å². The van der Waals surface area contributed by atoms with Gasteiger partial charge in [-0.05, 0) is 31.0 Å². The highest BCUT2D eigenvalue weighted by molar-refractivity contribution is 6.23. The molecular formula is C23H21NO4. The third-order valence-corrected chi connectivity index (χ3v) is 5.41. The molecule has 2 aromatic rings. The summed E-state index contributed by atoms with van der Waals surface area (Å²) in [6.07, 6.45) is 0. The Balaban J connectivity index is 1.95. The molecule has 2 aliphatic rings. The summed E-state index contributed by atoms with van der Waals surface area (Å²) in [6.45, 7) is 3.78. The van der Waals surface area contributed by atoms with E-state index in [1.807, 2.05) is 56.3 Å². The van der Waals surface area contributed by atoms with E-state index in [2.05, 4.69) is 5.32 Å². The van der Waals surface area contributed by atoms with Gasteiger partial charge in [-0.3, -0.25) is 4.79 Å². The number of Topliss-reactive ketones (excluding diaryl/α,β-unsaturated/α-hetero) is 1. The Morgan fingerprint density at radius 2 is 1.75 bits per heavy atom. The number of carbonyl (C=O) groups excluding carboxylic acids is 2. The summed E-state index contributed by atoms with van der Waals surface area (Å²) in [5.74, 6) is -0.259. The van der Waals surface area contributed by atoms with Crippen molar-refractivity contribution in [3.8, 4) is 5.75 Å². The molecule has 0 fully saturated rings. The number of esters is 1. The molecule has 142 valence electrons. The Hall–Kier alpha value is -3.34. The molecule has 0 saturated carbocycles. The number of methoxy groups -OCH3 is 2. The largest absolute Gasteiger partial charge is 0.496 e. The van der Waals surface area contributed by atoms with Crippen molar-refractivity contribution in [2.75, 3.05) is 14.2 Å². The highest BCUT2D eigenvalue weighted by Crippen LogP contribution is 2.47. The van der Waals surface area contributed by atoms with Gasteiger partial charge in [-0.15, -0.1) is 0 Å². The molecule has 1 aliphatic carbocycles. The molecule has 0 spiro atoms. The van der Waals surface area contributed by atoms with Crippen LogP contribution < -0.4 is 10.1 Å². The summed E-state index contributed by atoms with van der Waals surface area (Å²) in [5, 5.41) is 3.28. The van der Waals surface area contributed by atoms with E-state index in [1.165, 1.54) is 7.11 Å². The maximum atomic E-state index is 13.3.